The Labute approximate surface area is 331 Å². The van der Waals surface area contributed by atoms with Gasteiger partial charge in [0, 0.05) is 0 Å². The molecule has 0 N–H and O–H groups in total. The first-order valence-corrected chi connectivity index (χ1v) is 23.6. The number of rotatable bonds is 6. The van der Waals surface area contributed by atoms with Crippen molar-refractivity contribution < 1.29 is 0 Å². The van der Waals surface area contributed by atoms with Crippen molar-refractivity contribution in [3.05, 3.63) is 231 Å². The molecule has 0 fully saturated rings. The second kappa shape index (κ2) is 13.0. The highest BCUT2D eigenvalue weighted by molar-refractivity contribution is 7.24. The van der Waals surface area contributed by atoms with Gasteiger partial charge in [0.2, 0.25) is 0 Å². The predicted molar refractivity (Wildman–Crippen MR) is 243 cm³/mol. The lowest BCUT2D eigenvalue weighted by molar-refractivity contribution is 1.63. The maximum Gasteiger partial charge on any atom is 0.180 e. The summed E-state index contributed by atoms with van der Waals surface area (Å²) < 4.78 is 0. The first-order chi connectivity index (χ1) is 27.8. The molecule has 9 aromatic rings. The van der Waals surface area contributed by atoms with Crippen molar-refractivity contribution in [1.29, 1.82) is 0 Å². The van der Waals surface area contributed by atoms with E-state index in [1.807, 2.05) is 0 Å². The van der Waals surface area contributed by atoms with Crippen LogP contribution in [0.1, 0.15) is 0 Å². The highest BCUT2D eigenvalue weighted by Crippen LogP contribution is 2.38. The Bertz CT molecular complexity index is 2590. The zero-order valence-electron chi connectivity index (χ0n) is 30.9. The maximum absolute atomic E-state index is 2.78. The molecule has 262 valence electrons. The van der Waals surface area contributed by atoms with Crippen LogP contribution in [-0.4, -0.2) is 16.1 Å². The van der Waals surface area contributed by atoms with Crippen molar-refractivity contribution in [3.63, 3.8) is 0 Å². The third-order valence-corrected chi connectivity index (χ3v) is 22.2. The first kappa shape index (κ1) is 32.8. The number of hydrogen-bond donors (Lipinski definition) is 0. The fraction of sp³-hybridized carbons (Fsp3) is 0. The molecular weight excluding hydrogens is 705 g/mol. The van der Waals surface area contributed by atoms with E-state index in [1.54, 1.807) is 0 Å². The molecule has 2 aliphatic heterocycles. The summed E-state index contributed by atoms with van der Waals surface area (Å²) in [4.78, 5) is 0. The summed E-state index contributed by atoms with van der Waals surface area (Å²) in [6.07, 6.45) is 0. The molecule has 0 aliphatic carbocycles. The minimum absolute atomic E-state index is 1.25. The average Bonchev–Trinajstić information content (AvgIpc) is 3.74. The Hall–Kier alpha value is -6.59. The Morgan fingerprint density at radius 3 is 0.768 bits per heavy atom. The van der Waals surface area contributed by atoms with Crippen molar-refractivity contribution in [3.8, 4) is 44.5 Å². The molecule has 56 heavy (non-hydrogen) atoms. The van der Waals surface area contributed by atoms with E-state index in [4.69, 9.17) is 0 Å². The maximum atomic E-state index is 2.67. The lowest BCUT2D eigenvalue weighted by Gasteiger charge is -2.33. The molecule has 2 heteroatoms. The van der Waals surface area contributed by atoms with Gasteiger partial charge < -0.3 is 0 Å². The van der Waals surface area contributed by atoms with Crippen LogP contribution in [0.15, 0.2) is 231 Å². The number of benzene rings is 9. The van der Waals surface area contributed by atoms with Crippen molar-refractivity contribution in [1.82, 2.24) is 0 Å². The van der Waals surface area contributed by atoms with Crippen LogP contribution >= 0.6 is 0 Å². The second-order valence-electron chi connectivity index (χ2n) is 15.2. The molecule has 0 atom stereocenters. The molecule has 0 unspecified atom stereocenters. The molecule has 9 aromatic carbocycles. The molecule has 0 aromatic heterocycles. The third kappa shape index (κ3) is 4.70. The summed E-state index contributed by atoms with van der Waals surface area (Å²) in [5.74, 6) is 0. The molecule has 0 saturated carbocycles. The zero-order chi connectivity index (χ0) is 37.1. The zero-order valence-corrected chi connectivity index (χ0v) is 32.9. The van der Waals surface area contributed by atoms with Crippen molar-refractivity contribution in [2.75, 3.05) is 0 Å². The van der Waals surface area contributed by atoms with Gasteiger partial charge in [-0.15, -0.1) is 0 Å². The molecule has 2 aliphatic rings. The topological polar surface area (TPSA) is 0 Å². The van der Waals surface area contributed by atoms with Crippen LogP contribution in [0.5, 0.6) is 0 Å². The lowest BCUT2D eigenvalue weighted by Crippen LogP contribution is -2.74. The fourth-order valence-corrected chi connectivity index (χ4v) is 20.4. The molecule has 0 spiro atoms. The molecular formula is C54H38Si2. The van der Waals surface area contributed by atoms with Gasteiger partial charge in [0.05, 0.1) is 0 Å². The summed E-state index contributed by atoms with van der Waals surface area (Å²) in [6.45, 7) is 0. The van der Waals surface area contributed by atoms with Gasteiger partial charge in [0.15, 0.2) is 16.1 Å². The summed E-state index contributed by atoms with van der Waals surface area (Å²) in [6, 6.07) is 87.5. The predicted octanol–water partition coefficient (Wildman–Crippen LogP) is 7.74. The minimum Gasteiger partial charge on any atom is -0.0623 e. The van der Waals surface area contributed by atoms with Gasteiger partial charge in [-0.05, 0) is 98.1 Å². The van der Waals surface area contributed by atoms with Crippen molar-refractivity contribution in [2.45, 2.75) is 0 Å². The van der Waals surface area contributed by atoms with Gasteiger partial charge in [-0.25, -0.2) is 0 Å². The molecule has 2 heterocycles. The summed E-state index contributed by atoms with van der Waals surface area (Å²) in [5, 5.41) is 11.6. The standard InChI is InChI=1S/C54H38Si2/c1-7-19-39(20-8-1)41-31-33-51-47(35-41)49-37-54-50(38-53(49)55(51,43-23-11-3-12-24-43)44-25-13-4-14-26-44)48-36-42(40-21-9-2-10-22-40)32-34-52(48)56(54,45-27-15-5-16-28-45)46-29-17-6-18-30-46/h1-38H. The van der Waals surface area contributed by atoms with Crippen LogP contribution < -0.4 is 41.5 Å². The minimum atomic E-state index is -2.78. The SMILES string of the molecule is c1ccc(-c2ccc3c(c2)-c2cc4c(cc2[Si]3(c2ccccc2)c2ccccc2)-c2cc(-c3ccccc3)ccc2[Si]4(c2ccccc2)c2ccccc2)cc1. The molecule has 0 nitrogen and oxygen atoms in total. The Morgan fingerprint density at radius 1 is 0.196 bits per heavy atom. The van der Waals surface area contributed by atoms with Gasteiger partial charge >= 0.3 is 0 Å². The summed E-state index contributed by atoms with van der Waals surface area (Å²) in [5.41, 5.74) is 10.5. The first-order valence-electron chi connectivity index (χ1n) is 19.6. The quantitative estimate of drug-likeness (QED) is 0.153. The largest absolute Gasteiger partial charge is 0.180 e. The molecule has 0 radical (unpaired) electrons. The van der Waals surface area contributed by atoms with E-state index in [9.17, 15) is 0 Å². The van der Waals surface area contributed by atoms with E-state index < -0.39 is 16.1 Å². The molecule has 11 rings (SSSR count). The van der Waals surface area contributed by atoms with E-state index in [-0.39, 0.29) is 0 Å². The normalized spacial score (nSPS) is 14.0. The van der Waals surface area contributed by atoms with Gasteiger partial charge in [-0.3, -0.25) is 0 Å². The Balaban J connectivity index is 1.31. The van der Waals surface area contributed by atoms with E-state index in [1.165, 1.54) is 86.0 Å². The van der Waals surface area contributed by atoms with Gasteiger partial charge in [-0.1, -0.05) is 218 Å². The monoisotopic (exact) mass is 742 g/mol. The van der Waals surface area contributed by atoms with E-state index >= 15 is 0 Å². The van der Waals surface area contributed by atoms with Crippen LogP contribution in [0.4, 0.5) is 0 Å². The van der Waals surface area contributed by atoms with Crippen molar-refractivity contribution in [2.24, 2.45) is 0 Å². The molecule has 0 saturated heterocycles. The van der Waals surface area contributed by atoms with E-state index in [0.29, 0.717) is 0 Å². The van der Waals surface area contributed by atoms with Crippen LogP contribution in [0.25, 0.3) is 44.5 Å². The Morgan fingerprint density at radius 2 is 0.464 bits per heavy atom. The van der Waals surface area contributed by atoms with Crippen LogP contribution in [0, 0.1) is 0 Å². The van der Waals surface area contributed by atoms with E-state index in [2.05, 4.69) is 231 Å². The average molecular weight is 743 g/mol. The van der Waals surface area contributed by atoms with Crippen LogP contribution in [0.3, 0.4) is 0 Å². The lowest BCUT2D eigenvalue weighted by atomic mass is 9.96. The Kier molecular flexibility index (Phi) is 7.63. The molecule has 0 amide bonds. The summed E-state index contributed by atoms with van der Waals surface area (Å²) in [7, 11) is -5.56. The molecule has 0 bridgehead atoms. The highest BCUT2D eigenvalue weighted by atomic mass is 28.3. The van der Waals surface area contributed by atoms with Gasteiger partial charge in [-0.2, -0.15) is 0 Å². The smallest absolute Gasteiger partial charge is 0.0623 e. The van der Waals surface area contributed by atoms with E-state index in [0.717, 1.165) is 0 Å². The van der Waals surface area contributed by atoms with Gasteiger partial charge in [0.1, 0.15) is 0 Å². The van der Waals surface area contributed by atoms with Crippen molar-refractivity contribution >= 4 is 57.6 Å². The highest BCUT2D eigenvalue weighted by Gasteiger charge is 2.53. The second-order valence-corrected chi connectivity index (χ2v) is 22.6. The summed E-state index contributed by atoms with van der Waals surface area (Å²) >= 11 is 0. The number of fused-ring (bicyclic) bond motifs is 6. The van der Waals surface area contributed by atoms with Gasteiger partial charge in [0.25, 0.3) is 0 Å². The third-order valence-electron chi connectivity index (χ3n) is 12.4. The van der Waals surface area contributed by atoms with Crippen LogP contribution in [-0.2, 0) is 0 Å². The van der Waals surface area contributed by atoms with Crippen LogP contribution in [0.2, 0.25) is 0 Å². The fourth-order valence-electron chi connectivity index (χ4n) is 10.1. The number of hydrogen-bond acceptors (Lipinski definition) is 0.